The van der Waals surface area contributed by atoms with Gasteiger partial charge in [0.15, 0.2) is 0 Å². The van der Waals surface area contributed by atoms with E-state index in [1.165, 1.54) is 28.6 Å². The summed E-state index contributed by atoms with van der Waals surface area (Å²) in [6.07, 6.45) is 2.53. The van der Waals surface area contributed by atoms with Gasteiger partial charge in [-0.15, -0.1) is 11.3 Å². The van der Waals surface area contributed by atoms with E-state index in [4.69, 9.17) is 0 Å². The zero-order chi connectivity index (χ0) is 12.4. The van der Waals surface area contributed by atoms with Crippen molar-refractivity contribution < 1.29 is 0 Å². The molecule has 1 aliphatic rings. The van der Waals surface area contributed by atoms with Crippen LogP contribution in [0.1, 0.15) is 19.8 Å². The van der Waals surface area contributed by atoms with Gasteiger partial charge in [0.2, 0.25) is 0 Å². The van der Waals surface area contributed by atoms with Crippen LogP contribution in [0.25, 0.3) is 10.1 Å². The average molecular weight is 260 g/mol. The molecule has 3 heteroatoms. The van der Waals surface area contributed by atoms with E-state index < -0.39 is 0 Å². The van der Waals surface area contributed by atoms with Crippen LogP contribution in [0.2, 0.25) is 0 Å². The van der Waals surface area contributed by atoms with Crippen molar-refractivity contribution in [2.24, 2.45) is 0 Å². The fraction of sp³-hybridized carbons (Fsp3) is 0.467. The lowest BCUT2D eigenvalue weighted by Crippen LogP contribution is -2.50. The van der Waals surface area contributed by atoms with Crippen molar-refractivity contribution in [1.82, 2.24) is 5.32 Å². The van der Waals surface area contributed by atoms with E-state index >= 15 is 0 Å². The van der Waals surface area contributed by atoms with Gasteiger partial charge >= 0.3 is 0 Å². The molecule has 0 saturated carbocycles. The lowest BCUT2D eigenvalue weighted by atomic mass is 10.1. The first-order chi connectivity index (χ1) is 8.86. The molecule has 18 heavy (non-hydrogen) atoms. The van der Waals surface area contributed by atoms with Gasteiger partial charge in [0.25, 0.3) is 0 Å². The molecule has 1 unspecified atom stereocenters. The molecule has 1 aromatic carbocycles. The smallest absolute Gasteiger partial charge is 0.0374 e. The molecule has 0 radical (unpaired) electrons. The Balaban J connectivity index is 1.80. The number of piperazine rings is 1. The summed E-state index contributed by atoms with van der Waals surface area (Å²) in [5.41, 5.74) is 1.38. The highest BCUT2D eigenvalue weighted by Crippen LogP contribution is 2.26. The van der Waals surface area contributed by atoms with E-state index in [0.29, 0.717) is 6.04 Å². The molecule has 2 aromatic rings. The monoisotopic (exact) mass is 260 g/mol. The summed E-state index contributed by atoms with van der Waals surface area (Å²) in [6, 6.07) is 9.73. The Bertz CT molecular complexity index is 518. The molecule has 0 amide bonds. The highest BCUT2D eigenvalue weighted by Gasteiger charge is 2.18. The van der Waals surface area contributed by atoms with E-state index in [1.54, 1.807) is 0 Å². The second kappa shape index (κ2) is 5.29. The standard InChI is InChI=1S/C15H20N2S/c1-2-3-13-11-17(8-7-16-13)14-4-5-15-12(10-14)6-9-18-15/h4-6,9-10,13,16H,2-3,7-8,11H2,1H3. The largest absolute Gasteiger partial charge is 0.369 e. The lowest BCUT2D eigenvalue weighted by Gasteiger charge is -2.35. The molecule has 1 atom stereocenters. The maximum absolute atomic E-state index is 3.61. The van der Waals surface area contributed by atoms with Crippen molar-refractivity contribution in [2.75, 3.05) is 24.5 Å². The second-order valence-electron chi connectivity index (χ2n) is 5.03. The summed E-state index contributed by atoms with van der Waals surface area (Å²) < 4.78 is 1.39. The maximum Gasteiger partial charge on any atom is 0.0374 e. The molecular weight excluding hydrogens is 240 g/mol. The van der Waals surface area contributed by atoms with E-state index in [9.17, 15) is 0 Å². The molecule has 0 spiro atoms. The summed E-state index contributed by atoms with van der Waals surface area (Å²) in [7, 11) is 0. The molecule has 2 nitrogen and oxygen atoms in total. The lowest BCUT2D eigenvalue weighted by molar-refractivity contribution is 0.431. The highest BCUT2D eigenvalue weighted by molar-refractivity contribution is 7.17. The summed E-state index contributed by atoms with van der Waals surface area (Å²) in [5, 5.41) is 7.16. The number of anilines is 1. The predicted octanol–water partition coefficient (Wildman–Crippen LogP) is 3.48. The molecule has 3 rings (SSSR count). The minimum Gasteiger partial charge on any atom is -0.369 e. The van der Waals surface area contributed by atoms with Crippen molar-refractivity contribution in [3.05, 3.63) is 29.6 Å². The molecule has 1 saturated heterocycles. The topological polar surface area (TPSA) is 15.3 Å². The molecule has 1 N–H and O–H groups in total. The number of rotatable bonds is 3. The second-order valence-corrected chi connectivity index (χ2v) is 5.98. The van der Waals surface area contributed by atoms with Crippen molar-refractivity contribution in [1.29, 1.82) is 0 Å². The average Bonchev–Trinajstić information content (AvgIpc) is 2.86. The molecule has 1 aromatic heterocycles. The number of nitrogens with one attached hydrogen (secondary N) is 1. The first-order valence-corrected chi connectivity index (χ1v) is 7.70. The quantitative estimate of drug-likeness (QED) is 0.909. The summed E-state index contributed by atoms with van der Waals surface area (Å²) in [5.74, 6) is 0. The Morgan fingerprint density at radius 2 is 2.33 bits per heavy atom. The molecule has 2 heterocycles. The van der Waals surface area contributed by atoms with Gasteiger partial charge in [-0.3, -0.25) is 0 Å². The zero-order valence-corrected chi connectivity index (χ0v) is 11.7. The number of hydrogen-bond acceptors (Lipinski definition) is 3. The molecule has 0 bridgehead atoms. The van der Waals surface area contributed by atoms with Gasteiger partial charge in [0, 0.05) is 36.1 Å². The summed E-state index contributed by atoms with van der Waals surface area (Å²) in [4.78, 5) is 2.52. The van der Waals surface area contributed by atoms with Crippen LogP contribution in [-0.4, -0.2) is 25.7 Å². The number of thiophene rings is 1. The van der Waals surface area contributed by atoms with Crippen molar-refractivity contribution in [3.63, 3.8) is 0 Å². The van der Waals surface area contributed by atoms with Crippen LogP contribution in [0.15, 0.2) is 29.6 Å². The van der Waals surface area contributed by atoms with Gasteiger partial charge in [-0.25, -0.2) is 0 Å². The van der Waals surface area contributed by atoms with Crippen LogP contribution in [-0.2, 0) is 0 Å². The van der Waals surface area contributed by atoms with Crippen LogP contribution in [0.4, 0.5) is 5.69 Å². The van der Waals surface area contributed by atoms with Gasteiger partial charge in [-0.05, 0) is 41.5 Å². The molecule has 1 aliphatic heterocycles. The summed E-state index contributed by atoms with van der Waals surface area (Å²) in [6.45, 7) is 5.63. The van der Waals surface area contributed by atoms with E-state index in [-0.39, 0.29) is 0 Å². The van der Waals surface area contributed by atoms with Crippen LogP contribution in [0.5, 0.6) is 0 Å². The van der Waals surface area contributed by atoms with Crippen LogP contribution < -0.4 is 10.2 Å². The van der Waals surface area contributed by atoms with Gasteiger partial charge < -0.3 is 10.2 Å². The van der Waals surface area contributed by atoms with Crippen molar-refractivity contribution >= 4 is 27.1 Å². The normalized spacial score (nSPS) is 20.5. The number of hydrogen-bond donors (Lipinski definition) is 1. The fourth-order valence-electron chi connectivity index (χ4n) is 2.75. The number of nitrogens with zero attached hydrogens (tertiary/aromatic N) is 1. The fourth-order valence-corrected chi connectivity index (χ4v) is 3.52. The molecule has 1 fully saturated rings. The molecule has 0 aliphatic carbocycles. The third-order valence-corrected chi connectivity index (χ3v) is 4.59. The predicted molar refractivity (Wildman–Crippen MR) is 80.7 cm³/mol. The third kappa shape index (κ3) is 2.38. The maximum atomic E-state index is 3.61. The first-order valence-electron chi connectivity index (χ1n) is 6.82. The Hall–Kier alpha value is -1.06. The molecular formula is C15H20N2S. The highest BCUT2D eigenvalue weighted by atomic mass is 32.1. The van der Waals surface area contributed by atoms with Crippen LogP contribution in [0.3, 0.4) is 0 Å². The Morgan fingerprint density at radius 1 is 1.39 bits per heavy atom. The van der Waals surface area contributed by atoms with E-state index in [1.807, 2.05) is 11.3 Å². The van der Waals surface area contributed by atoms with Gasteiger partial charge in [0.1, 0.15) is 0 Å². The van der Waals surface area contributed by atoms with Crippen LogP contribution >= 0.6 is 11.3 Å². The zero-order valence-electron chi connectivity index (χ0n) is 10.9. The van der Waals surface area contributed by atoms with Gasteiger partial charge in [-0.2, -0.15) is 0 Å². The molecule has 96 valence electrons. The Morgan fingerprint density at radius 3 is 3.22 bits per heavy atom. The number of fused-ring (bicyclic) bond motifs is 1. The number of benzene rings is 1. The van der Waals surface area contributed by atoms with Crippen molar-refractivity contribution in [2.45, 2.75) is 25.8 Å². The summed E-state index contributed by atoms with van der Waals surface area (Å²) >= 11 is 1.82. The SMILES string of the molecule is CCCC1CN(c2ccc3sccc3c2)CCN1. The van der Waals surface area contributed by atoms with Crippen LogP contribution in [0, 0.1) is 0 Å². The first kappa shape index (κ1) is 12.0. The third-order valence-electron chi connectivity index (χ3n) is 3.69. The van der Waals surface area contributed by atoms with E-state index in [2.05, 4.69) is 46.8 Å². The Labute approximate surface area is 113 Å². The Kier molecular flexibility index (Phi) is 3.52. The van der Waals surface area contributed by atoms with Gasteiger partial charge in [0.05, 0.1) is 0 Å². The van der Waals surface area contributed by atoms with Crippen molar-refractivity contribution in [3.8, 4) is 0 Å². The minimum atomic E-state index is 0.655. The van der Waals surface area contributed by atoms with E-state index in [0.717, 1.165) is 19.6 Å². The van der Waals surface area contributed by atoms with Gasteiger partial charge in [-0.1, -0.05) is 13.3 Å². The minimum absolute atomic E-state index is 0.655.